The molecule has 9 saturated heterocycles. The van der Waals surface area contributed by atoms with Crippen LogP contribution in [0.4, 0.5) is 35.1 Å². The predicted molar refractivity (Wildman–Crippen MR) is 489 cm³/mol. The fourth-order valence-corrected chi connectivity index (χ4v) is 15.5. The van der Waals surface area contributed by atoms with Crippen LogP contribution < -0.4 is 0 Å². The SMILES string of the molecule is C#CC(C#N)N1CCN(C(C#N)C#N)CC1.C#CCN1CC(F)N(CC#N)CC1C(F)(F)F.C#CCN1CCN(CC#N)C(C)C1.C#CCN1CCN(CC#N)C(C)C1C.C#CCN1CCN(CC#N)CC1.C#CCN1CCN(CC#N)CC1c1ccccc1.N#CCCN1CCN(CCC#N)CC1.N#CCN1CCN(CC#N)C(F)C1.N#CCN1CCN(CC#N)C(OCC(F)(F)F)C1. The zero-order valence-corrected chi connectivity index (χ0v) is 77.6. The lowest BCUT2D eigenvalue weighted by Gasteiger charge is -2.43. The molecule has 9 aliphatic rings. The fraction of sp³-hybridized carbons (Fsp3) is 0.660. The molecule has 0 aliphatic carbocycles. The summed E-state index contributed by atoms with van der Waals surface area (Å²) in [7, 11) is 0. The highest BCUT2D eigenvalue weighted by Gasteiger charge is 2.49. The van der Waals surface area contributed by atoms with E-state index in [1.54, 1.807) is 25.7 Å². The number of alkyl halides is 8. The lowest BCUT2D eigenvalue weighted by atomic mass is 10.0. The van der Waals surface area contributed by atoms with Gasteiger partial charge in [-0.3, -0.25) is 88.2 Å². The number of ether oxygens (including phenoxy) is 1. The van der Waals surface area contributed by atoms with Crippen LogP contribution in [-0.2, 0) is 4.74 Å². The highest BCUT2D eigenvalue weighted by atomic mass is 19.4. The van der Waals surface area contributed by atoms with Crippen molar-refractivity contribution in [3.63, 3.8) is 0 Å². The van der Waals surface area contributed by atoms with Crippen molar-refractivity contribution in [1.29, 1.82) is 73.7 Å². The van der Waals surface area contributed by atoms with Crippen molar-refractivity contribution in [3.8, 4) is 159 Å². The quantitative estimate of drug-likeness (QED) is 0.0655. The summed E-state index contributed by atoms with van der Waals surface area (Å²) in [5.74, 6) is 15.2. The van der Waals surface area contributed by atoms with Crippen LogP contribution in [0, 0.1) is 233 Å². The van der Waals surface area contributed by atoms with Crippen LogP contribution in [0.2, 0.25) is 0 Å². The standard InChI is InChI=1S/C15H17N3.C11H11N5.C11H17N3.C10H11F4N3.C10H13F3N4O.C10H16N4.C10H15N3.C9H13N3.C8H11FN4/c1-2-9-18-12-11-17(10-8-16)13-15(18)14-6-4-3-5-7-14;1-2-10(7-12)15-3-5-16(6-4-15)11(8-13)9-14;1-4-6-13-8-9-14(7-5-12)11(3)10(13)2;1-2-4-16-7-9(11)17(5-3-15)6-8(16)10(12,13)14;11-10(12,13)8-18-9-7-16(3-1-14)5-6-17(9)4-2-15;11-3-1-5-13-7-9-14(10-8-13)6-2-4-12;1-3-5-12-7-8-13(6-4-11)10(2)9-12;1-2-4-11-6-8-12(5-3-10)9-7-11;9-8-7-12(3-1-10)5-6-13(8)4-2-11/h1,3-7,15H,9-13H2;1,10-11H,3-6H2;1,10-11H,6-9H2,2-3H3;1,8-9H,4-7H2;9H,3-8H2;1-2,5-10H2;1,10H,5-9H2,2H3;1H,4-9H2;8H,3-7H2. The highest BCUT2D eigenvalue weighted by molar-refractivity contribution is 5.21. The van der Waals surface area contributed by atoms with Crippen molar-refractivity contribution in [2.24, 2.45) is 0 Å². The van der Waals surface area contributed by atoms with Gasteiger partial charge in [0, 0.05) is 233 Å². The number of halogens is 8. The highest BCUT2D eigenvalue weighted by Crippen LogP contribution is 2.31. The zero-order valence-electron chi connectivity index (χ0n) is 77.6. The van der Waals surface area contributed by atoms with E-state index in [1.807, 2.05) is 65.6 Å². The van der Waals surface area contributed by atoms with Crippen molar-refractivity contribution < 1.29 is 39.9 Å². The van der Waals surface area contributed by atoms with E-state index in [0.29, 0.717) is 129 Å². The third-order valence-electron chi connectivity index (χ3n) is 23.3. The lowest BCUT2D eigenvalue weighted by Crippen LogP contribution is -2.61. The average molecular weight is 1870 g/mol. The number of rotatable bonds is 23. The molecular formula is C94H124F8N32O. The van der Waals surface area contributed by atoms with Gasteiger partial charge in [-0.2, -0.15) is 100 Å². The van der Waals surface area contributed by atoms with E-state index in [4.69, 9.17) is 117 Å². The van der Waals surface area contributed by atoms with Crippen molar-refractivity contribution in [1.82, 2.24) is 88.2 Å². The first-order chi connectivity index (χ1) is 64.9. The van der Waals surface area contributed by atoms with Gasteiger partial charge in [-0.1, -0.05) is 65.9 Å². The molecular weight excluding hydrogens is 1750 g/mol. The molecule has 10 rings (SSSR count). The van der Waals surface area contributed by atoms with Gasteiger partial charge >= 0.3 is 12.4 Å². The Kier molecular flexibility index (Phi) is 61.7. The Morgan fingerprint density at radius 3 is 1.12 bits per heavy atom. The number of nitrogens with zero attached hydrogens (tertiary/aromatic N) is 32. The van der Waals surface area contributed by atoms with Crippen LogP contribution >= 0.6 is 0 Å². The Morgan fingerprint density at radius 2 is 0.681 bits per heavy atom. The Balaban J connectivity index is 0.000000515. The second kappa shape index (κ2) is 69.9. The maximum absolute atomic E-state index is 13.5. The number of benzene rings is 1. The molecule has 1 aromatic rings. The molecule has 0 bridgehead atoms. The summed E-state index contributed by atoms with van der Waals surface area (Å²) in [6, 6.07) is 37.3. The number of terminal acetylenes is 6. The summed E-state index contributed by atoms with van der Waals surface area (Å²) in [5, 5.41) is 120. The molecule has 0 radical (unpaired) electrons. The van der Waals surface area contributed by atoms with Gasteiger partial charge in [0.05, 0.1) is 177 Å². The van der Waals surface area contributed by atoms with Crippen molar-refractivity contribution in [2.45, 2.75) is 107 Å². The van der Waals surface area contributed by atoms with E-state index in [0.717, 1.165) is 141 Å². The normalized spacial score (nSPS) is 23.1. The Bertz CT molecular complexity index is 4300. The molecule has 0 saturated carbocycles. The van der Waals surface area contributed by atoms with E-state index in [1.165, 1.54) is 10.5 Å². The maximum Gasteiger partial charge on any atom is 0.411 e. The summed E-state index contributed by atoms with van der Waals surface area (Å²) in [6.07, 6.45) is 20.2. The second-order valence-corrected chi connectivity index (χ2v) is 32.1. The van der Waals surface area contributed by atoms with E-state index in [-0.39, 0.29) is 52.4 Å². The molecule has 722 valence electrons. The van der Waals surface area contributed by atoms with Gasteiger partial charge in [-0.05, 0) is 26.3 Å². The Morgan fingerprint density at radius 1 is 0.333 bits per heavy atom. The second-order valence-electron chi connectivity index (χ2n) is 32.1. The minimum absolute atomic E-state index is 0.0168. The predicted octanol–water partition coefficient (Wildman–Crippen LogP) is 3.42. The van der Waals surface area contributed by atoms with Crippen LogP contribution in [0.1, 0.15) is 45.2 Å². The monoisotopic (exact) mass is 1870 g/mol. The molecule has 9 aliphatic heterocycles. The molecule has 0 N–H and O–H groups in total. The summed E-state index contributed by atoms with van der Waals surface area (Å²) >= 11 is 0. The molecule has 9 fully saturated rings. The van der Waals surface area contributed by atoms with Crippen LogP contribution in [0.5, 0.6) is 0 Å². The maximum atomic E-state index is 13.5. The van der Waals surface area contributed by atoms with Gasteiger partial charge in [-0.15, -0.1) is 38.5 Å². The number of piperazine rings is 9. The molecule has 0 spiro atoms. The Labute approximate surface area is 794 Å². The third kappa shape index (κ3) is 47.2. The molecule has 41 heteroatoms. The molecule has 135 heavy (non-hydrogen) atoms. The molecule has 33 nitrogen and oxygen atoms in total. The average Bonchev–Trinajstić information content (AvgIpc) is 0.742. The summed E-state index contributed by atoms with van der Waals surface area (Å²) in [6.45, 7) is 31.3. The lowest BCUT2D eigenvalue weighted by molar-refractivity contribution is -0.209. The van der Waals surface area contributed by atoms with Crippen molar-refractivity contribution in [3.05, 3.63) is 35.9 Å². The molecule has 1 aromatic carbocycles. The van der Waals surface area contributed by atoms with Crippen LogP contribution in [0.15, 0.2) is 30.3 Å². The zero-order chi connectivity index (χ0) is 100. The summed E-state index contributed by atoms with van der Waals surface area (Å²) < 4.78 is 106. The van der Waals surface area contributed by atoms with E-state index < -0.39 is 69.0 Å². The van der Waals surface area contributed by atoms with E-state index in [9.17, 15) is 35.1 Å². The molecule has 9 atom stereocenters. The number of hydrogen-bond acceptors (Lipinski definition) is 33. The van der Waals surface area contributed by atoms with Crippen molar-refractivity contribution >= 4 is 0 Å². The number of hydrogen-bond donors (Lipinski definition) is 0. The van der Waals surface area contributed by atoms with Gasteiger partial charge in [0.1, 0.15) is 18.9 Å². The van der Waals surface area contributed by atoms with Gasteiger partial charge < -0.3 is 4.74 Å². The Hall–Kier alpha value is -11.9. The molecule has 9 heterocycles. The van der Waals surface area contributed by atoms with Crippen molar-refractivity contribution in [2.75, 3.05) is 295 Å². The summed E-state index contributed by atoms with van der Waals surface area (Å²) in [4.78, 5) is 34.3. The first kappa shape index (κ1) is 119. The molecule has 0 aromatic heterocycles. The topological polar surface area (TPSA) is 401 Å². The largest absolute Gasteiger partial charge is 0.411 e. The van der Waals surface area contributed by atoms with E-state index in [2.05, 4.69) is 154 Å². The van der Waals surface area contributed by atoms with Gasteiger partial charge in [0.15, 0.2) is 24.7 Å². The third-order valence-corrected chi connectivity index (χ3v) is 23.3. The smallest absolute Gasteiger partial charge is 0.352 e. The molecule has 9 unspecified atom stereocenters. The van der Waals surface area contributed by atoms with E-state index >= 15 is 0 Å². The first-order valence-electron chi connectivity index (χ1n) is 44.1. The summed E-state index contributed by atoms with van der Waals surface area (Å²) in [5.41, 5.74) is 1.27. The fourth-order valence-electron chi connectivity index (χ4n) is 15.5. The van der Waals surface area contributed by atoms with Gasteiger partial charge in [0.25, 0.3) is 0 Å². The first-order valence-corrected chi connectivity index (χ1v) is 44.1. The molecule has 0 amide bonds. The van der Waals surface area contributed by atoms with Crippen LogP contribution in [-0.4, -0.2) is 450 Å². The number of nitriles is 14. The van der Waals surface area contributed by atoms with Crippen LogP contribution in [0.3, 0.4) is 0 Å². The minimum atomic E-state index is -4.48. The van der Waals surface area contributed by atoms with Gasteiger partial charge in [0.2, 0.25) is 0 Å². The van der Waals surface area contributed by atoms with Crippen LogP contribution in [0.25, 0.3) is 0 Å². The van der Waals surface area contributed by atoms with Gasteiger partial charge in [-0.25, -0.2) is 8.78 Å². The minimum Gasteiger partial charge on any atom is -0.352 e.